The third-order valence-corrected chi connectivity index (χ3v) is 5.75. The lowest BCUT2D eigenvalue weighted by atomic mass is 9.91. The summed E-state index contributed by atoms with van der Waals surface area (Å²) in [7, 11) is 0. The summed E-state index contributed by atoms with van der Waals surface area (Å²) in [5, 5.41) is 0.841. The Bertz CT molecular complexity index is 432. The topological polar surface area (TPSA) is 18.5 Å². The quantitative estimate of drug-likeness (QED) is 0.773. The highest BCUT2D eigenvalue weighted by Gasteiger charge is 2.41. The van der Waals surface area contributed by atoms with Gasteiger partial charge >= 0.3 is 0 Å². The molecule has 0 N–H and O–H groups in total. The van der Waals surface area contributed by atoms with E-state index in [9.17, 15) is 0 Å². The van der Waals surface area contributed by atoms with Crippen LogP contribution in [0.3, 0.4) is 0 Å². The van der Waals surface area contributed by atoms with Crippen molar-refractivity contribution in [2.24, 2.45) is 0 Å². The van der Waals surface area contributed by atoms with E-state index in [1.165, 1.54) is 17.7 Å². The number of alkyl halides is 1. The third-order valence-electron chi connectivity index (χ3n) is 3.93. The second kappa shape index (κ2) is 6.06. The minimum atomic E-state index is 0.0942. The number of benzene rings is 1. The number of halogens is 1. The van der Waals surface area contributed by atoms with Crippen LogP contribution in [-0.2, 0) is 10.1 Å². The maximum atomic E-state index is 6.24. The molecule has 104 valence electrons. The van der Waals surface area contributed by atoms with E-state index in [-0.39, 0.29) is 5.60 Å². The molecular formula is C15H19BrO2S. The molecule has 0 radical (unpaired) electrons. The van der Waals surface area contributed by atoms with Gasteiger partial charge in [0.15, 0.2) is 0 Å². The zero-order valence-electron chi connectivity index (χ0n) is 10.9. The second-order valence-corrected chi connectivity index (χ2v) is 6.97. The second-order valence-electron chi connectivity index (χ2n) is 5.31. The lowest BCUT2D eigenvalue weighted by Gasteiger charge is -2.37. The van der Waals surface area contributed by atoms with Crippen LogP contribution in [0.2, 0.25) is 0 Å². The third kappa shape index (κ3) is 3.11. The summed E-state index contributed by atoms with van der Waals surface area (Å²) in [5.41, 5.74) is 1.32. The van der Waals surface area contributed by atoms with Gasteiger partial charge in [0.1, 0.15) is 11.9 Å². The number of rotatable bonds is 3. The lowest BCUT2D eigenvalue weighted by Crippen LogP contribution is -2.43. The summed E-state index contributed by atoms with van der Waals surface area (Å²) in [6.45, 7) is 0.835. The molecule has 0 amide bonds. The first-order valence-electron chi connectivity index (χ1n) is 6.84. The zero-order valence-corrected chi connectivity index (χ0v) is 13.3. The van der Waals surface area contributed by atoms with Crippen molar-refractivity contribution in [1.82, 2.24) is 0 Å². The van der Waals surface area contributed by atoms with Gasteiger partial charge in [-0.05, 0) is 18.2 Å². The average Bonchev–Trinajstić information content (AvgIpc) is 2.87. The molecule has 2 saturated heterocycles. The van der Waals surface area contributed by atoms with Gasteiger partial charge in [-0.15, -0.1) is 0 Å². The van der Waals surface area contributed by atoms with Crippen LogP contribution in [0.25, 0.3) is 0 Å². The molecule has 2 aliphatic heterocycles. The first-order valence-corrected chi connectivity index (χ1v) is 9.11. The van der Waals surface area contributed by atoms with Gasteiger partial charge in [-0.3, -0.25) is 0 Å². The van der Waals surface area contributed by atoms with E-state index in [4.69, 9.17) is 9.47 Å². The van der Waals surface area contributed by atoms with Gasteiger partial charge in [0.25, 0.3) is 0 Å². The van der Waals surface area contributed by atoms with Crippen molar-refractivity contribution in [2.45, 2.75) is 36.3 Å². The first kappa shape index (κ1) is 13.8. The van der Waals surface area contributed by atoms with Crippen molar-refractivity contribution >= 4 is 27.7 Å². The maximum absolute atomic E-state index is 6.24. The van der Waals surface area contributed by atoms with Crippen LogP contribution in [0.1, 0.15) is 24.8 Å². The van der Waals surface area contributed by atoms with Crippen molar-refractivity contribution in [3.8, 4) is 5.75 Å². The van der Waals surface area contributed by atoms with Crippen molar-refractivity contribution in [3.05, 3.63) is 29.8 Å². The summed E-state index contributed by atoms with van der Waals surface area (Å²) in [6.07, 6.45) is 3.52. The Morgan fingerprint density at radius 1 is 1.42 bits per heavy atom. The fourth-order valence-electron chi connectivity index (χ4n) is 2.86. The molecule has 2 unspecified atom stereocenters. The van der Waals surface area contributed by atoms with E-state index in [1.807, 2.05) is 17.8 Å². The van der Waals surface area contributed by atoms with E-state index < -0.39 is 0 Å². The summed E-state index contributed by atoms with van der Waals surface area (Å²) in [5.74, 6) is 3.38. The molecular weight excluding hydrogens is 324 g/mol. The Morgan fingerprint density at radius 3 is 3.11 bits per heavy atom. The van der Waals surface area contributed by atoms with Crippen LogP contribution in [-0.4, -0.2) is 29.8 Å². The largest absolute Gasteiger partial charge is 0.490 e. The Kier molecular flexibility index (Phi) is 4.40. The standard InChI is InChI=1S/C15H19BrO2S/c16-10-12-3-1-2-4-14(12)18-13-5-7-17-15(9-13)6-8-19-11-15/h1-4,13H,5-11H2. The highest BCUT2D eigenvalue weighted by atomic mass is 79.9. The minimum absolute atomic E-state index is 0.0942. The zero-order chi connectivity index (χ0) is 13.1. The molecule has 19 heavy (non-hydrogen) atoms. The molecule has 0 bridgehead atoms. The van der Waals surface area contributed by atoms with E-state index >= 15 is 0 Å². The average molecular weight is 343 g/mol. The summed E-state index contributed by atoms with van der Waals surface area (Å²) >= 11 is 5.53. The van der Waals surface area contributed by atoms with Crippen LogP contribution in [0.4, 0.5) is 0 Å². The summed E-state index contributed by atoms with van der Waals surface area (Å²) in [4.78, 5) is 0. The van der Waals surface area contributed by atoms with Crippen LogP contribution >= 0.6 is 27.7 Å². The SMILES string of the molecule is BrCc1ccccc1OC1CCOC2(CCSC2)C1. The van der Waals surface area contributed by atoms with E-state index in [0.717, 1.165) is 36.3 Å². The molecule has 2 atom stereocenters. The van der Waals surface area contributed by atoms with Crippen molar-refractivity contribution < 1.29 is 9.47 Å². The van der Waals surface area contributed by atoms with E-state index in [0.29, 0.717) is 6.10 Å². The molecule has 2 fully saturated rings. The van der Waals surface area contributed by atoms with Crippen molar-refractivity contribution in [3.63, 3.8) is 0 Å². The minimum Gasteiger partial charge on any atom is -0.490 e. The summed E-state index contributed by atoms with van der Waals surface area (Å²) < 4.78 is 12.3. The van der Waals surface area contributed by atoms with E-state index in [2.05, 4.69) is 34.1 Å². The van der Waals surface area contributed by atoms with Crippen molar-refractivity contribution in [2.75, 3.05) is 18.1 Å². The molecule has 3 rings (SSSR count). The van der Waals surface area contributed by atoms with Crippen LogP contribution in [0, 0.1) is 0 Å². The van der Waals surface area contributed by atoms with Gasteiger partial charge in [0.2, 0.25) is 0 Å². The van der Waals surface area contributed by atoms with Crippen LogP contribution in [0.5, 0.6) is 5.75 Å². The molecule has 1 spiro atoms. The Morgan fingerprint density at radius 2 is 2.32 bits per heavy atom. The lowest BCUT2D eigenvalue weighted by molar-refractivity contribution is -0.0960. The molecule has 2 aliphatic rings. The summed E-state index contributed by atoms with van der Waals surface area (Å²) in [6, 6.07) is 8.29. The van der Waals surface area contributed by atoms with Gasteiger partial charge in [-0.1, -0.05) is 34.1 Å². The van der Waals surface area contributed by atoms with Crippen molar-refractivity contribution in [1.29, 1.82) is 0 Å². The van der Waals surface area contributed by atoms with Gasteiger partial charge in [-0.2, -0.15) is 11.8 Å². The highest BCUT2D eigenvalue weighted by Crippen LogP contribution is 2.39. The molecule has 0 aromatic heterocycles. The smallest absolute Gasteiger partial charge is 0.123 e. The normalized spacial score (nSPS) is 30.7. The fraction of sp³-hybridized carbons (Fsp3) is 0.600. The number of ether oxygens (including phenoxy) is 2. The number of hydrogen-bond acceptors (Lipinski definition) is 3. The molecule has 2 heterocycles. The maximum Gasteiger partial charge on any atom is 0.123 e. The molecule has 4 heteroatoms. The van der Waals surface area contributed by atoms with Gasteiger partial charge in [0, 0.05) is 29.5 Å². The van der Waals surface area contributed by atoms with Gasteiger partial charge in [-0.25, -0.2) is 0 Å². The predicted octanol–water partition coefficient (Wildman–Crippen LogP) is 4.02. The first-order chi connectivity index (χ1) is 9.31. The monoisotopic (exact) mass is 342 g/mol. The predicted molar refractivity (Wildman–Crippen MR) is 83.3 cm³/mol. The van der Waals surface area contributed by atoms with Gasteiger partial charge < -0.3 is 9.47 Å². The Labute approximate surface area is 127 Å². The highest BCUT2D eigenvalue weighted by molar-refractivity contribution is 9.08. The molecule has 0 saturated carbocycles. The number of para-hydroxylation sites is 1. The van der Waals surface area contributed by atoms with Gasteiger partial charge in [0.05, 0.1) is 12.2 Å². The van der Waals surface area contributed by atoms with Crippen LogP contribution in [0.15, 0.2) is 24.3 Å². The molecule has 1 aromatic carbocycles. The number of thioether (sulfide) groups is 1. The fourth-order valence-corrected chi connectivity index (χ4v) is 4.70. The molecule has 0 aliphatic carbocycles. The Balaban J connectivity index is 1.69. The Hall–Kier alpha value is -0.190. The van der Waals surface area contributed by atoms with Crippen LogP contribution < -0.4 is 4.74 Å². The molecule has 1 aromatic rings. The van der Waals surface area contributed by atoms with E-state index in [1.54, 1.807) is 0 Å². The molecule has 2 nitrogen and oxygen atoms in total. The number of hydrogen-bond donors (Lipinski definition) is 0.